The number of rotatable bonds is 5. The van der Waals surface area contributed by atoms with E-state index < -0.39 is 0 Å². The number of hydrogen-bond donors (Lipinski definition) is 1. The molecular formula is C18H19N3OS. The van der Waals surface area contributed by atoms with Crippen molar-refractivity contribution in [2.45, 2.75) is 26.4 Å². The third-order valence-electron chi connectivity index (χ3n) is 3.31. The van der Waals surface area contributed by atoms with Crippen LogP contribution in [0.1, 0.15) is 24.3 Å². The van der Waals surface area contributed by atoms with Crippen molar-refractivity contribution in [1.82, 2.24) is 9.97 Å². The summed E-state index contributed by atoms with van der Waals surface area (Å²) in [5, 5.41) is 0.558. The van der Waals surface area contributed by atoms with Gasteiger partial charge in [0, 0.05) is 17.5 Å². The minimum absolute atomic E-state index is 0.137. The normalized spacial score (nSPS) is 10.9. The van der Waals surface area contributed by atoms with Gasteiger partial charge in [0.05, 0.1) is 11.8 Å². The van der Waals surface area contributed by atoms with Crippen LogP contribution in [0.4, 0.5) is 5.13 Å². The topological polar surface area (TPSA) is 61.0 Å². The highest BCUT2D eigenvalue weighted by molar-refractivity contribution is 7.15. The first kappa shape index (κ1) is 15.5. The van der Waals surface area contributed by atoms with Crippen molar-refractivity contribution < 1.29 is 4.74 Å². The highest BCUT2D eigenvalue weighted by Crippen LogP contribution is 2.32. The van der Waals surface area contributed by atoms with Gasteiger partial charge in [0.25, 0.3) is 0 Å². The van der Waals surface area contributed by atoms with Crippen molar-refractivity contribution in [2.24, 2.45) is 0 Å². The summed E-state index contributed by atoms with van der Waals surface area (Å²) >= 11 is 1.50. The molecule has 2 heterocycles. The van der Waals surface area contributed by atoms with E-state index in [9.17, 15) is 0 Å². The highest BCUT2D eigenvalue weighted by Gasteiger charge is 2.15. The summed E-state index contributed by atoms with van der Waals surface area (Å²) in [4.78, 5) is 9.95. The van der Waals surface area contributed by atoms with Crippen molar-refractivity contribution in [1.29, 1.82) is 0 Å². The zero-order valence-electron chi connectivity index (χ0n) is 13.2. The van der Waals surface area contributed by atoms with E-state index in [0.29, 0.717) is 5.13 Å². The molecule has 23 heavy (non-hydrogen) atoms. The number of nitrogens with zero attached hydrogens (tertiary/aromatic N) is 2. The van der Waals surface area contributed by atoms with Crippen molar-refractivity contribution in [3.8, 4) is 17.1 Å². The predicted octanol–water partition coefficient (Wildman–Crippen LogP) is 4.17. The van der Waals surface area contributed by atoms with Gasteiger partial charge in [-0.1, -0.05) is 24.3 Å². The summed E-state index contributed by atoms with van der Waals surface area (Å²) in [6, 6.07) is 13.9. The minimum atomic E-state index is 0.137. The number of hydrogen-bond acceptors (Lipinski definition) is 5. The molecule has 2 aromatic heterocycles. The number of para-hydroxylation sites is 1. The van der Waals surface area contributed by atoms with Gasteiger partial charge in [-0.05, 0) is 37.6 Å². The first-order valence-corrected chi connectivity index (χ1v) is 8.36. The molecule has 1 aromatic carbocycles. The maximum atomic E-state index is 5.94. The van der Waals surface area contributed by atoms with E-state index >= 15 is 0 Å². The number of anilines is 1. The molecule has 0 spiro atoms. The van der Waals surface area contributed by atoms with Crippen LogP contribution < -0.4 is 10.5 Å². The Hall–Kier alpha value is -2.40. The molecule has 118 valence electrons. The summed E-state index contributed by atoms with van der Waals surface area (Å²) in [7, 11) is 0. The Bertz CT molecular complexity index is 784. The third kappa shape index (κ3) is 3.68. The molecule has 0 fully saturated rings. The Morgan fingerprint density at radius 1 is 1.13 bits per heavy atom. The molecule has 0 aliphatic carbocycles. The fourth-order valence-electron chi connectivity index (χ4n) is 2.38. The second kappa shape index (κ2) is 6.79. The fourth-order valence-corrected chi connectivity index (χ4v) is 3.25. The summed E-state index contributed by atoms with van der Waals surface area (Å²) in [6.07, 6.45) is 2.63. The fraction of sp³-hybridized carbons (Fsp3) is 0.222. The third-order valence-corrected chi connectivity index (χ3v) is 4.19. The van der Waals surface area contributed by atoms with E-state index in [-0.39, 0.29) is 6.10 Å². The monoisotopic (exact) mass is 325 g/mol. The van der Waals surface area contributed by atoms with Crippen LogP contribution in [0.5, 0.6) is 5.75 Å². The van der Waals surface area contributed by atoms with Crippen LogP contribution in [0, 0.1) is 0 Å². The summed E-state index contributed by atoms with van der Waals surface area (Å²) in [6.45, 7) is 4.06. The van der Waals surface area contributed by atoms with E-state index in [2.05, 4.69) is 16.0 Å². The van der Waals surface area contributed by atoms with Gasteiger partial charge < -0.3 is 10.5 Å². The van der Waals surface area contributed by atoms with Gasteiger partial charge in [-0.15, -0.1) is 11.3 Å². The average molecular weight is 325 g/mol. The maximum absolute atomic E-state index is 5.94. The lowest BCUT2D eigenvalue weighted by Crippen LogP contribution is -2.07. The van der Waals surface area contributed by atoms with E-state index in [1.54, 1.807) is 6.20 Å². The Labute approximate surface area is 140 Å². The molecule has 5 heteroatoms. The van der Waals surface area contributed by atoms with Gasteiger partial charge in [-0.3, -0.25) is 4.98 Å². The molecule has 3 aromatic rings. The van der Waals surface area contributed by atoms with Crippen LogP contribution >= 0.6 is 11.3 Å². The molecule has 0 amide bonds. The lowest BCUT2D eigenvalue weighted by atomic mass is 10.1. The molecule has 4 nitrogen and oxygen atoms in total. The maximum Gasteiger partial charge on any atom is 0.180 e. The van der Waals surface area contributed by atoms with Gasteiger partial charge >= 0.3 is 0 Å². The second-order valence-electron chi connectivity index (χ2n) is 5.49. The van der Waals surface area contributed by atoms with E-state index in [0.717, 1.165) is 34.0 Å². The molecule has 0 atom stereocenters. The number of ether oxygens (including phenoxy) is 1. The molecule has 0 aliphatic rings. The number of pyridine rings is 1. The summed E-state index contributed by atoms with van der Waals surface area (Å²) in [5.74, 6) is 0.904. The van der Waals surface area contributed by atoms with E-state index in [4.69, 9.17) is 10.5 Å². The van der Waals surface area contributed by atoms with Crippen molar-refractivity contribution in [3.63, 3.8) is 0 Å². The number of benzene rings is 1. The van der Waals surface area contributed by atoms with Gasteiger partial charge in [0.2, 0.25) is 0 Å². The van der Waals surface area contributed by atoms with Crippen LogP contribution in [0.3, 0.4) is 0 Å². The number of aromatic nitrogens is 2. The van der Waals surface area contributed by atoms with E-state index in [1.165, 1.54) is 11.3 Å². The van der Waals surface area contributed by atoms with Crippen LogP contribution in [-0.4, -0.2) is 16.1 Å². The number of nitrogen functional groups attached to an aromatic ring is 1. The lowest BCUT2D eigenvalue weighted by Gasteiger charge is -2.14. The molecule has 0 saturated carbocycles. The first-order chi connectivity index (χ1) is 11.1. The van der Waals surface area contributed by atoms with Gasteiger partial charge in [-0.2, -0.15) is 0 Å². The summed E-state index contributed by atoms with van der Waals surface area (Å²) < 4.78 is 5.91. The number of nitrogens with two attached hydrogens (primary N) is 1. The quantitative estimate of drug-likeness (QED) is 0.765. The molecule has 3 rings (SSSR count). The SMILES string of the molecule is CC(C)Oc1ccccc1Cc1sc(N)nc1-c1ccccn1. The Kier molecular flexibility index (Phi) is 4.57. The Morgan fingerprint density at radius 2 is 1.91 bits per heavy atom. The molecule has 2 N–H and O–H groups in total. The molecule has 0 bridgehead atoms. The van der Waals surface area contributed by atoms with Crippen LogP contribution in [0.15, 0.2) is 48.7 Å². The van der Waals surface area contributed by atoms with Crippen LogP contribution in [-0.2, 0) is 6.42 Å². The standard InChI is InChI=1S/C18H19N3OS/c1-12(2)22-15-9-4-3-7-13(15)11-16-17(21-18(19)23-16)14-8-5-6-10-20-14/h3-10,12H,11H2,1-2H3,(H2,19,21). The lowest BCUT2D eigenvalue weighted by molar-refractivity contribution is 0.240. The van der Waals surface area contributed by atoms with E-state index in [1.807, 2.05) is 50.2 Å². The van der Waals surface area contributed by atoms with Crippen molar-refractivity contribution in [3.05, 3.63) is 59.1 Å². The molecule has 0 radical (unpaired) electrons. The largest absolute Gasteiger partial charge is 0.491 e. The first-order valence-electron chi connectivity index (χ1n) is 7.54. The van der Waals surface area contributed by atoms with Crippen LogP contribution in [0.25, 0.3) is 11.4 Å². The minimum Gasteiger partial charge on any atom is -0.491 e. The van der Waals surface area contributed by atoms with Gasteiger partial charge in [-0.25, -0.2) is 4.98 Å². The van der Waals surface area contributed by atoms with Crippen molar-refractivity contribution in [2.75, 3.05) is 5.73 Å². The molecular weight excluding hydrogens is 306 g/mol. The highest BCUT2D eigenvalue weighted by atomic mass is 32.1. The Balaban J connectivity index is 1.96. The van der Waals surface area contributed by atoms with Crippen molar-refractivity contribution >= 4 is 16.5 Å². The zero-order chi connectivity index (χ0) is 16.2. The summed E-state index contributed by atoms with van der Waals surface area (Å²) in [5.41, 5.74) is 8.76. The number of thiazole rings is 1. The molecule has 0 unspecified atom stereocenters. The average Bonchev–Trinajstić information content (AvgIpc) is 2.90. The smallest absolute Gasteiger partial charge is 0.180 e. The second-order valence-corrected chi connectivity index (χ2v) is 6.61. The van der Waals surface area contributed by atoms with Gasteiger partial charge in [0.1, 0.15) is 11.4 Å². The molecule has 0 saturated heterocycles. The predicted molar refractivity (Wildman–Crippen MR) is 94.8 cm³/mol. The Morgan fingerprint density at radius 3 is 2.65 bits per heavy atom. The zero-order valence-corrected chi connectivity index (χ0v) is 14.0. The van der Waals surface area contributed by atoms with Crippen LogP contribution in [0.2, 0.25) is 0 Å². The van der Waals surface area contributed by atoms with Gasteiger partial charge in [0.15, 0.2) is 5.13 Å². The molecule has 0 aliphatic heterocycles.